The summed E-state index contributed by atoms with van der Waals surface area (Å²) in [5.74, 6) is 0.517. The number of unbranched alkanes of at least 4 members (excludes halogenated alkanes) is 1. The molecule has 2 nitrogen and oxygen atoms in total. The van der Waals surface area contributed by atoms with Crippen LogP contribution in [0.5, 0.6) is 5.75 Å². The van der Waals surface area contributed by atoms with Crippen LogP contribution in [0.4, 0.5) is 4.39 Å². The summed E-state index contributed by atoms with van der Waals surface area (Å²) in [4.78, 5) is 0. The number of hydrogen-bond donors (Lipinski definition) is 1. The third-order valence-electron chi connectivity index (χ3n) is 2.67. The zero-order valence-electron chi connectivity index (χ0n) is 10.7. The fraction of sp³-hybridized carbons (Fsp3) is 0.571. The minimum Gasteiger partial charge on any atom is -0.494 e. The van der Waals surface area contributed by atoms with E-state index < -0.39 is 0 Å². The number of benzene rings is 1. The van der Waals surface area contributed by atoms with Gasteiger partial charge in [-0.1, -0.05) is 6.92 Å². The van der Waals surface area contributed by atoms with Gasteiger partial charge in [0.1, 0.15) is 11.6 Å². The number of hydrogen-bond acceptors (Lipinski definition) is 2. The Hall–Kier alpha value is -1.09. The van der Waals surface area contributed by atoms with E-state index in [9.17, 15) is 4.39 Å². The van der Waals surface area contributed by atoms with Gasteiger partial charge in [0.05, 0.1) is 6.61 Å². The van der Waals surface area contributed by atoms with Gasteiger partial charge in [0.25, 0.3) is 0 Å². The predicted molar refractivity (Wildman–Crippen MR) is 68.9 cm³/mol. The van der Waals surface area contributed by atoms with Crippen LogP contribution >= 0.6 is 0 Å². The molecule has 0 amide bonds. The van der Waals surface area contributed by atoms with Gasteiger partial charge in [0.15, 0.2) is 0 Å². The zero-order chi connectivity index (χ0) is 12.5. The molecule has 0 saturated carbocycles. The molecule has 1 rings (SSSR count). The summed E-state index contributed by atoms with van der Waals surface area (Å²) in [5.41, 5.74) is 0. The Bertz CT molecular complexity index is 300. The molecule has 1 atom stereocenters. The first-order chi connectivity index (χ1) is 8.22. The van der Waals surface area contributed by atoms with Crippen molar-refractivity contribution < 1.29 is 9.13 Å². The molecule has 0 aliphatic carbocycles. The summed E-state index contributed by atoms with van der Waals surface area (Å²) in [6, 6.07) is 6.74. The van der Waals surface area contributed by atoms with Gasteiger partial charge in [0, 0.05) is 6.04 Å². The van der Waals surface area contributed by atoms with Crippen molar-refractivity contribution in [3.63, 3.8) is 0 Å². The van der Waals surface area contributed by atoms with Gasteiger partial charge >= 0.3 is 0 Å². The first kappa shape index (κ1) is 14.0. The van der Waals surface area contributed by atoms with Crippen molar-refractivity contribution in [3.8, 4) is 5.75 Å². The highest BCUT2D eigenvalue weighted by Gasteiger charge is 1.99. The van der Waals surface area contributed by atoms with Gasteiger partial charge < -0.3 is 10.1 Å². The first-order valence-corrected chi connectivity index (χ1v) is 6.34. The quantitative estimate of drug-likeness (QED) is 0.702. The molecule has 96 valence electrons. The average Bonchev–Trinajstić information content (AvgIpc) is 2.31. The Morgan fingerprint density at radius 1 is 1.24 bits per heavy atom. The maximum absolute atomic E-state index is 12.6. The second kappa shape index (κ2) is 8.07. The van der Waals surface area contributed by atoms with Gasteiger partial charge in [-0.15, -0.1) is 0 Å². The molecular weight excluding hydrogens is 217 g/mol. The van der Waals surface area contributed by atoms with Gasteiger partial charge in [0.2, 0.25) is 0 Å². The molecule has 0 aromatic heterocycles. The van der Waals surface area contributed by atoms with E-state index in [2.05, 4.69) is 19.2 Å². The van der Waals surface area contributed by atoms with Crippen molar-refractivity contribution in [2.45, 2.75) is 39.2 Å². The molecule has 3 heteroatoms. The molecule has 0 radical (unpaired) electrons. The molecular formula is C14H22FNO. The van der Waals surface area contributed by atoms with Crippen LogP contribution in [-0.2, 0) is 0 Å². The lowest BCUT2D eigenvalue weighted by molar-refractivity contribution is 0.301. The van der Waals surface area contributed by atoms with Crippen molar-refractivity contribution in [2.24, 2.45) is 0 Å². The van der Waals surface area contributed by atoms with Crippen molar-refractivity contribution in [1.82, 2.24) is 5.32 Å². The van der Waals surface area contributed by atoms with Gasteiger partial charge in [-0.3, -0.25) is 0 Å². The van der Waals surface area contributed by atoms with E-state index in [4.69, 9.17) is 4.74 Å². The molecule has 0 aliphatic heterocycles. The van der Waals surface area contributed by atoms with Crippen LogP contribution in [0, 0.1) is 5.82 Å². The van der Waals surface area contributed by atoms with E-state index in [0.717, 1.165) is 25.1 Å². The molecule has 0 bridgehead atoms. The summed E-state index contributed by atoms with van der Waals surface area (Å²) in [6.07, 6.45) is 3.35. The molecule has 0 fully saturated rings. The first-order valence-electron chi connectivity index (χ1n) is 6.34. The molecule has 0 heterocycles. The molecule has 1 aromatic rings. The van der Waals surface area contributed by atoms with Crippen LogP contribution < -0.4 is 10.1 Å². The van der Waals surface area contributed by atoms with E-state index in [1.165, 1.54) is 18.6 Å². The summed E-state index contributed by atoms with van der Waals surface area (Å²) < 4.78 is 18.1. The fourth-order valence-electron chi connectivity index (χ4n) is 1.72. The molecule has 1 aromatic carbocycles. The zero-order valence-corrected chi connectivity index (χ0v) is 10.7. The topological polar surface area (TPSA) is 21.3 Å². The Kier molecular flexibility index (Phi) is 6.63. The minimum atomic E-state index is -0.225. The summed E-state index contributed by atoms with van der Waals surface area (Å²) in [7, 11) is 0. The lowest BCUT2D eigenvalue weighted by atomic mass is 10.1. The maximum atomic E-state index is 12.6. The molecule has 17 heavy (non-hydrogen) atoms. The number of halogens is 1. The van der Waals surface area contributed by atoms with Crippen LogP contribution in [0.1, 0.15) is 33.1 Å². The lowest BCUT2D eigenvalue weighted by Gasteiger charge is -2.11. The van der Waals surface area contributed by atoms with Crippen molar-refractivity contribution in [1.29, 1.82) is 0 Å². The van der Waals surface area contributed by atoms with E-state index >= 15 is 0 Å². The second-order valence-corrected chi connectivity index (χ2v) is 4.26. The Morgan fingerprint density at radius 2 is 1.94 bits per heavy atom. The van der Waals surface area contributed by atoms with E-state index in [-0.39, 0.29) is 5.82 Å². The van der Waals surface area contributed by atoms with Crippen LogP contribution in [0.2, 0.25) is 0 Å². The Balaban J connectivity index is 2.06. The molecule has 0 aliphatic rings. The molecule has 1 unspecified atom stereocenters. The van der Waals surface area contributed by atoms with Gasteiger partial charge in [-0.25, -0.2) is 4.39 Å². The van der Waals surface area contributed by atoms with E-state index in [0.29, 0.717) is 12.6 Å². The third kappa shape index (κ3) is 6.27. The van der Waals surface area contributed by atoms with Crippen molar-refractivity contribution in [3.05, 3.63) is 30.1 Å². The van der Waals surface area contributed by atoms with Crippen LogP contribution in [0.3, 0.4) is 0 Å². The van der Waals surface area contributed by atoms with Gasteiger partial charge in [-0.2, -0.15) is 0 Å². The van der Waals surface area contributed by atoms with E-state index in [1.54, 1.807) is 12.1 Å². The van der Waals surface area contributed by atoms with Crippen LogP contribution in [0.15, 0.2) is 24.3 Å². The average molecular weight is 239 g/mol. The standard InChI is InChI=1S/C14H22FNO/c1-3-16-12(2)6-4-5-11-17-14-9-7-13(15)8-10-14/h7-10,12,16H,3-6,11H2,1-2H3. The molecule has 1 N–H and O–H groups in total. The number of ether oxygens (including phenoxy) is 1. The van der Waals surface area contributed by atoms with E-state index in [1.807, 2.05) is 0 Å². The summed E-state index contributed by atoms with van der Waals surface area (Å²) >= 11 is 0. The highest BCUT2D eigenvalue weighted by atomic mass is 19.1. The SMILES string of the molecule is CCNC(C)CCCCOc1ccc(F)cc1. The number of rotatable bonds is 8. The van der Waals surface area contributed by atoms with Crippen molar-refractivity contribution in [2.75, 3.05) is 13.2 Å². The smallest absolute Gasteiger partial charge is 0.123 e. The monoisotopic (exact) mass is 239 g/mol. The Morgan fingerprint density at radius 3 is 2.59 bits per heavy atom. The third-order valence-corrected chi connectivity index (χ3v) is 2.67. The maximum Gasteiger partial charge on any atom is 0.123 e. The highest BCUT2D eigenvalue weighted by molar-refractivity contribution is 5.21. The fourth-order valence-corrected chi connectivity index (χ4v) is 1.72. The largest absolute Gasteiger partial charge is 0.494 e. The van der Waals surface area contributed by atoms with Gasteiger partial charge in [-0.05, 0) is 57.0 Å². The Labute approximate surface area is 103 Å². The second-order valence-electron chi connectivity index (χ2n) is 4.26. The molecule has 0 saturated heterocycles. The highest BCUT2D eigenvalue weighted by Crippen LogP contribution is 2.11. The normalized spacial score (nSPS) is 12.4. The lowest BCUT2D eigenvalue weighted by Crippen LogP contribution is -2.25. The summed E-state index contributed by atoms with van der Waals surface area (Å²) in [5, 5.41) is 3.38. The number of nitrogens with one attached hydrogen (secondary N) is 1. The summed E-state index contributed by atoms with van der Waals surface area (Å²) in [6.45, 7) is 6.04. The minimum absolute atomic E-state index is 0.225. The molecule has 0 spiro atoms. The van der Waals surface area contributed by atoms with Crippen LogP contribution in [-0.4, -0.2) is 19.2 Å². The predicted octanol–water partition coefficient (Wildman–Crippen LogP) is 3.37. The van der Waals surface area contributed by atoms with Crippen LogP contribution in [0.25, 0.3) is 0 Å². The van der Waals surface area contributed by atoms with Crippen molar-refractivity contribution >= 4 is 0 Å².